The standard InChI is InChI=1S/C10H8N2O2S3/c13-11-7-3-1-5-9(11)15-17-16-10-6-2-4-8-12(10)14/h1-8H. The SMILES string of the molecule is [O-][n+]1ccccc1SSSc1cccc[n+]1[O-]. The summed E-state index contributed by atoms with van der Waals surface area (Å²) in [5.74, 6) is 0. The Bertz CT molecular complexity index is 465. The van der Waals surface area contributed by atoms with Crippen molar-refractivity contribution in [1.82, 2.24) is 0 Å². The molecular weight excluding hydrogens is 276 g/mol. The molecule has 0 amide bonds. The molecule has 7 heteroatoms. The van der Waals surface area contributed by atoms with E-state index < -0.39 is 0 Å². The van der Waals surface area contributed by atoms with Crippen LogP contribution in [0, 0.1) is 10.4 Å². The zero-order valence-electron chi connectivity index (χ0n) is 8.55. The van der Waals surface area contributed by atoms with Gasteiger partial charge in [0.05, 0.1) is 0 Å². The molecule has 17 heavy (non-hydrogen) atoms. The van der Waals surface area contributed by atoms with Crippen molar-refractivity contribution in [1.29, 1.82) is 0 Å². The Balaban J connectivity index is 1.93. The van der Waals surface area contributed by atoms with Crippen molar-refractivity contribution in [3.05, 3.63) is 59.2 Å². The van der Waals surface area contributed by atoms with Gasteiger partial charge in [0.2, 0.25) is 0 Å². The number of pyridine rings is 2. The van der Waals surface area contributed by atoms with E-state index in [4.69, 9.17) is 0 Å². The van der Waals surface area contributed by atoms with Crippen molar-refractivity contribution in [3.8, 4) is 0 Å². The first-order valence-electron chi connectivity index (χ1n) is 4.65. The van der Waals surface area contributed by atoms with Crippen molar-refractivity contribution >= 4 is 31.4 Å². The van der Waals surface area contributed by atoms with Gasteiger partial charge in [0.1, 0.15) is 0 Å². The highest BCUT2D eigenvalue weighted by Gasteiger charge is 2.09. The zero-order chi connectivity index (χ0) is 12.1. The first-order chi connectivity index (χ1) is 8.27. The molecule has 0 aliphatic carbocycles. The second-order valence-corrected chi connectivity index (χ2v) is 6.90. The summed E-state index contributed by atoms with van der Waals surface area (Å²) in [5.41, 5.74) is 0. The molecule has 88 valence electrons. The summed E-state index contributed by atoms with van der Waals surface area (Å²) in [6, 6.07) is 10.4. The average molecular weight is 284 g/mol. The molecule has 2 heterocycles. The molecule has 0 atom stereocenters. The average Bonchev–Trinajstić information content (AvgIpc) is 2.34. The van der Waals surface area contributed by atoms with Crippen molar-refractivity contribution < 1.29 is 9.46 Å². The Hall–Kier alpha value is -1.05. The van der Waals surface area contributed by atoms with Crippen LogP contribution in [-0.2, 0) is 0 Å². The van der Waals surface area contributed by atoms with Crippen molar-refractivity contribution in [2.24, 2.45) is 0 Å². The van der Waals surface area contributed by atoms with E-state index in [1.165, 1.54) is 43.8 Å². The van der Waals surface area contributed by atoms with Crippen LogP contribution in [0.1, 0.15) is 0 Å². The molecule has 0 N–H and O–H groups in total. The van der Waals surface area contributed by atoms with Crippen molar-refractivity contribution in [3.63, 3.8) is 0 Å². The van der Waals surface area contributed by atoms with Gasteiger partial charge in [-0.05, 0) is 22.0 Å². The minimum Gasteiger partial charge on any atom is -0.618 e. The number of rotatable bonds is 4. The summed E-state index contributed by atoms with van der Waals surface area (Å²) in [6.45, 7) is 0. The van der Waals surface area contributed by atoms with Gasteiger partial charge in [0.25, 0.3) is 10.1 Å². The maximum absolute atomic E-state index is 11.3. The molecule has 0 spiro atoms. The largest absolute Gasteiger partial charge is 0.618 e. The maximum atomic E-state index is 11.3. The first kappa shape index (κ1) is 12.4. The molecule has 0 fully saturated rings. The lowest BCUT2D eigenvalue weighted by Crippen LogP contribution is -2.27. The van der Waals surface area contributed by atoms with E-state index in [2.05, 4.69) is 0 Å². The zero-order valence-corrected chi connectivity index (χ0v) is 11.0. The molecular formula is C10H8N2O2S3. The van der Waals surface area contributed by atoms with Gasteiger partial charge in [-0.3, -0.25) is 0 Å². The number of hydrogen-bond acceptors (Lipinski definition) is 5. The third-order valence-corrected chi connectivity index (χ3v) is 5.58. The molecule has 0 saturated carbocycles. The highest BCUT2D eigenvalue weighted by molar-refractivity contribution is 9.09. The Kier molecular flexibility index (Phi) is 4.41. The molecule has 2 aromatic heterocycles. The van der Waals surface area contributed by atoms with Gasteiger partial charge in [-0.25, -0.2) is 0 Å². The summed E-state index contributed by atoms with van der Waals surface area (Å²) in [6.07, 6.45) is 2.90. The van der Waals surface area contributed by atoms with Crippen LogP contribution in [-0.4, -0.2) is 0 Å². The molecule has 0 saturated heterocycles. The van der Waals surface area contributed by atoms with Gasteiger partial charge >= 0.3 is 0 Å². The predicted molar refractivity (Wildman–Crippen MR) is 70.1 cm³/mol. The number of hydrogen-bond donors (Lipinski definition) is 0. The summed E-state index contributed by atoms with van der Waals surface area (Å²) < 4.78 is 1.60. The minimum absolute atomic E-state index is 0.596. The lowest BCUT2D eigenvalue weighted by molar-refractivity contribution is -0.645. The molecule has 0 radical (unpaired) electrons. The van der Waals surface area contributed by atoms with Gasteiger partial charge in [0.15, 0.2) is 12.4 Å². The molecule has 2 rings (SSSR count). The van der Waals surface area contributed by atoms with Gasteiger partial charge in [-0.1, -0.05) is 0 Å². The Morgan fingerprint density at radius 1 is 0.765 bits per heavy atom. The van der Waals surface area contributed by atoms with E-state index in [0.717, 1.165) is 9.46 Å². The first-order valence-corrected chi connectivity index (χ1v) is 8.13. The van der Waals surface area contributed by atoms with E-state index in [1.54, 1.807) is 36.4 Å². The smallest absolute Gasteiger partial charge is 0.262 e. The molecule has 0 aromatic carbocycles. The Morgan fingerprint density at radius 2 is 1.24 bits per heavy atom. The highest BCUT2D eigenvalue weighted by atomic mass is 33.5. The lowest BCUT2D eigenvalue weighted by Gasteiger charge is -2.02. The van der Waals surface area contributed by atoms with Gasteiger partial charge in [-0.15, -0.1) is 0 Å². The molecule has 0 bridgehead atoms. The topological polar surface area (TPSA) is 53.9 Å². The van der Waals surface area contributed by atoms with E-state index >= 15 is 0 Å². The molecule has 2 aromatic rings. The van der Waals surface area contributed by atoms with E-state index in [1.807, 2.05) is 0 Å². The molecule has 4 nitrogen and oxygen atoms in total. The van der Waals surface area contributed by atoms with Gasteiger partial charge in [-0.2, -0.15) is 9.46 Å². The monoisotopic (exact) mass is 284 g/mol. The van der Waals surface area contributed by atoms with Crippen LogP contribution in [0.25, 0.3) is 0 Å². The summed E-state index contributed by atoms with van der Waals surface area (Å²) in [7, 11) is 4.04. The molecule has 0 unspecified atom stereocenters. The van der Waals surface area contributed by atoms with E-state index in [9.17, 15) is 10.4 Å². The maximum Gasteiger partial charge on any atom is 0.262 e. The fraction of sp³-hybridized carbons (Fsp3) is 0. The Morgan fingerprint density at radius 3 is 1.65 bits per heavy atom. The number of aromatic nitrogens is 2. The molecule has 0 aliphatic rings. The van der Waals surface area contributed by atoms with Crippen LogP contribution < -0.4 is 9.46 Å². The van der Waals surface area contributed by atoms with Crippen LogP contribution in [0.4, 0.5) is 0 Å². The second-order valence-electron chi connectivity index (χ2n) is 2.96. The fourth-order valence-corrected chi connectivity index (χ4v) is 4.61. The normalized spacial score (nSPS) is 10.4. The third-order valence-electron chi connectivity index (χ3n) is 1.82. The highest BCUT2D eigenvalue weighted by Crippen LogP contribution is 2.41. The minimum atomic E-state index is 0.596. The van der Waals surface area contributed by atoms with Gasteiger partial charge < -0.3 is 10.4 Å². The van der Waals surface area contributed by atoms with E-state index in [0.29, 0.717) is 10.1 Å². The van der Waals surface area contributed by atoms with Crippen LogP contribution in [0.15, 0.2) is 58.8 Å². The van der Waals surface area contributed by atoms with Crippen molar-refractivity contribution in [2.45, 2.75) is 10.1 Å². The third kappa shape index (κ3) is 3.45. The van der Waals surface area contributed by atoms with E-state index in [-0.39, 0.29) is 0 Å². The summed E-state index contributed by atoms with van der Waals surface area (Å²) >= 11 is 0. The van der Waals surface area contributed by atoms with Crippen LogP contribution in [0.2, 0.25) is 0 Å². The van der Waals surface area contributed by atoms with Crippen LogP contribution in [0.5, 0.6) is 0 Å². The summed E-state index contributed by atoms with van der Waals surface area (Å²) in [5, 5.41) is 23.9. The summed E-state index contributed by atoms with van der Waals surface area (Å²) in [4.78, 5) is 0. The lowest BCUT2D eigenvalue weighted by atomic mass is 10.5. The fourth-order valence-electron chi connectivity index (χ4n) is 1.04. The van der Waals surface area contributed by atoms with Crippen LogP contribution in [0.3, 0.4) is 0 Å². The second kappa shape index (κ2) is 6.04. The van der Waals surface area contributed by atoms with Crippen LogP contribution >= 0.6 is 31.4 Å². The van der Waals surface area contributed by atoms with Gasteiger partial charge in [0, 0.05) is 45.9 Å². The number of nitrogens with zero attached hydrogens (tertiary/aromatic N) is 2. The Labute approximate surface area is 110 Å². The van der Waals surface area contributed by atoms with Crippen molar-refractivity contribution in [2.75, 3.05) is 0 Å². The molecule has 0 aliphatic heterocycles. The predicted octanol–water partition coefficient (Wildman–Crippen LogP) is 2.40. The quantitative estimate of drug-likeness (QED) is 0.490.